The first-order chi connectivity index (χ1) is 18.5. The minimum absolute atomic E-state index is 0.110. The van der Waals surface area contributed by atoms with Gasteiger partial charge in [-0.2, -0.15) is 0 Å². The largest absolute Gasteiger partial charge is 0.486 e. The summed E-state index contributed by atoms with van der Waals surface area (Å²) in [5.41, 5.74) is 6.51. The molecule has 0 aliphatic carbocycles. The van der Waals surface area contributed by atoms with Gasteiger partial charge in [-0.15, -0.1) is 0 Å². The number of carbonyl (C=O) groups is 2. The Morgan fingerprint density at radius 1 is 1.15 bits per heavy atom. The van der Waals surface area contributed by atoms with E-state index in [2.05, 4.69) is 10.3 Å². The van der Waals surface area contributed by atoms with Crippen LogP contribution in [-0.4, -0.2) is 53.4 Å². The van der Waals surface area contributed by atoms with Crippen molar-refractivity contribution < 1.29 is 31.9 Å². The van der Waals surface area contributed by atoms with Crippen LogP contribution < -0.4 is 15.8 Å². The molecule has 1 aromatic heterocycles. The van der Waals surface area contributed by atoms with Crippen LogP contribution in [0.3, 0.4) is 0 Å². The lowest BCUT2D eigenvalue weighted by molar-refractivity contribution is -0.116. The standard InChI is InChI=1S/C27H21ClF4N4O3/c28-19-7-15(16-8-20(29)24(21(30)9-16)26(38)36-12-27(31,32)13-36)5-17-6-18(39-25(17)19)11-35-23(37)4-2-14-1-3-22(33)34-10-14/h1-5,7-10,18H,6,11-13H2,(H2,33,34)(H,35,37). The zero-order chi connectivity index (χ0) is 27.9. The van der Waals surface area contributed by atoms with Gasteiger partial charge in [0.2, 0.25) is 5.91 Å². The SMILES string of the molecule is Nc1ccc(C=CC(=O)NCC2Cc3cc(-c4cc(F)c(C(=O)N5CC(F)(F)C5)c(F)c4)cc(Cl)c3O2)cn1. The van der Waals surface area contributed by atoms with Crippen LogP contribution in [0.2, 0.25) is 5.02 Å². The van der Waals surface area contributed by atoms with Gasteiger partial charge in [0.15, 0.2) is 0 Å². The van der Waals surface area contributed by atoms with Gasteiger partial charge in [-0.25, -0.2) is 22.5 Å². The van der Waals surface area contributed by atoms with Crippen molar-refractivity contribution in [3.8, 4) is 16.9 Å². The first-order valence-corrected chi connectivity index (χ1v) is 12.2. The minimum atomic E-state index is -3.06. The second-order valence-corrected chi connectivity index (χ2v) is 9.72. The molecule has 2 aromatic carbocycles. The fourth-order valence-electron chi connectivity index (χ4n) is 4.39. The van der Waals surface area contributed by atoms with Gasteiger partial charge in [0.25, 0.3) is 11.8 Å². The number of aromatic nitrogens is 1. The summed E-state index contributed by atoms with van der Waals surface area (Å²) in [5, 5.41) is 2.95. The molecule has 2 aliphatic heterocycles. The molecule has 2 aliphatic rings. The average molecular weight is 561 g/mol. The molecule has 1 atom stereocenters. The number of hydrogen-bond acceptors (Lipinski definition) is 5. The van der Waals surface area contributed by atoms with E-state index in [1.54, 1.807) is 24.3 Å². The number of benzene rings is 2. The molecule has 0 saturated carbocycles. The van der Waals surface area contributed by atoms with Gasteiger partial charge in [-0.05, 0) is 59.2 Å². The molecule has 7 nitrogen and oxygen atoms in total. The number of pyridine rings is 1. The third-order valence-electron chi connectivity index (χ3n) is 6.31. The third-order valence-corrected chi connectivity index (χ3v) is 6.59. The Morgan fingerprint density at radius 3 is 2.49 bits per heavy atom. The molecule has 1 saturated heterocycles. The molecule has 39 heavy (non-hydrogen) atoms. The molecule has 12 heteroatoms. The minimum Gasteiger partial charge on any atom is -0.486 e. The number of alkyl halides is 2. The van der Waals surface area contributed by atoms with Crippen LogP contribution >= 0.6 is 11.6 Å². The van der Waals surface area contributed by atoms with Gasteiger partial charge in [-0.1, -0.05) is 11.6 Å². The van der Waals surface area contributed by atoms with Gasteiger partial charge in [-0.3, -0.25) is 9.59 Å². The predicted molar refractivity (Wildman–Crippen MR) is 136 cm³/mol. The number of rotatable bonds is 6. The van der Waals surface area contributed by atoms with Crippen molar-refractivity contribution in [2.24, 2.45) is 0 Å². The van der Waals surface area contributed by atoms with Crippen LogP contribution in [0.1, 0.15) is 21.5 Å². The Balaban J connectivity index is 1.25. The van der Waals surface area contributed by atoms with Crippen LogP contribution in [-0.2, 0) is 11.2 Å². The first kappa shape index (κ1) is 26.5. The molecule has 1 fully saturated rings. The summed E-state index contributed by atoms with van der Waals surface area (Å²) in [6.07, 6.45) is 4.42. The Kier molecular flexibility index (Phi) is 6.94. The van der Waals surface area contributed by atoms with Crippen LogP contribution in [0.5, 0.6) is 5.75 Å². The van der Waals surface area contributed by atoms with Crippen molar-refractivity contribution in [3.63, 3.8) is 0 Å². The molecule has 3 N–H and O–H groups in total. The number of hydrogen-bond donors (Lipinski definition) is 2. The van der Waals surface area contributed by atoms with Crippen LogP contribution in [0.15, 0.2) is 48.7 Å². The van der Waals surface area contributed by atoms with Crippen molar-refractivity contribution in [1.29, 1.82) is 0 Å². The van der Waals surface area contributed by atoms with E-state index in [0.29, 0.717) is 39.6 Å². The Labute approximate surface area is 225 Å². The number of halogens is 5. The molecule has 2 amide bonds. The predicted octanol–water partition coefficient (Wildman–Crippen LogP) is 4.49. The lowest BCUT2D eigenvalue weighted by Gasteiger charge is -2.38. The summed E-state index contributed by atoms with van der Waals surface area (Å²) in [5.74, 6) is -6.10. The van der Waals surface area contributed by atoms with Gasteiger partial charge < -0.3 is 20.7 Å². The number of ether oxygens (including phenoxy) is 1. The number of nitrogens with zero attached hydrogens (tertiary/aromatic N) is 2. The van der Waals surface area contributed by atoms with Crippen LogP contribution in [0.25, 0.3) is 17.2 Å². The van der Waals surface area contributed by atoms with Crippen molar-refractivity contribution >= 4 is 35.3 Å². The van der Waals surface area contributed by atoms with E-state index in [1.165, 1.54) is 18.3 Å². The van der Waals surface area contributed by atoms with Gasteiger partial charge in [0.05, 0.1) is 24.7 Å². The maximum absolute atomic E-state index is 14.8. The summed E-state index contributed by atoms with van der Waals surface area (Å²) < 4.78 is 61.6. The lowest BCUT2D eigenvalue weighted by Crippen LogP contribution is -2.58. The molecule has 3 aromatic rings. The summed E-state index contributed by atoms with van der Waals surface area (Å²) in [7, 11) is 0. The smallest absolute Gasteiger partial charge is 0.282 e. The number of nitrogen functional groups attached to an aromatic ring is 1. The Hall–Kier alpha value is -4.12. The van der Waals surface area contributed by atoms with Crippen molar-refractivity contribution in [2.75, 3.05) is 25.4 Å². The van der Waals surface area contributed by atoms with Gasteiger partial charge >= 0.3 is 0 Å². The monoisotopic (exact) mass is 560 g/mol. The molecule has 5 rings (SSSR count). The molecule has 1 unspecified atom stereocenters. The Morgan fingerprint density at radius 2 is 1.85 bits per heavy atom. The maximum Gasteiger partial charge on any atom is 0.282 e. The van der Waals surface area contributed by atoms with Gasteiger partial charge in [0.1, 0.15) is 34.9 Å². The van der Waals surface area contributed by atoms with E-state index in [9.17, 15) is 27.2 Å². The van der Waals surface area contributed by atoms with Crippen molar-refractivity contribution in [3.05, 3.63) is 82.0 Å². The highest BCUT2D eigenvalue weighted by atomic mass is 35.5. The summed E-state index contributed by atoms with van der Waals surface area (Å²) in [4.78, 5) is 29.1. The Bertz CT molecular complexity index is 1470. The molecule has 3 heterocycles. The number of nitrogens with one attached hydrogen (secondary N) is 1. The van der Waals surface area contributed by atoms with Crippen LogP contribution in [0.4, 0.5) is 23.4 Å². The number of likely N-dealkylation sites (tertiary alicyclic amines) is 1. The highest BCUT2D eigenvalue weighted by molar-refractivity contribution is 6.32. The second kappa shape index (κ2) is 10.2. The van der Waals surface area contributed by atoms with E-state index in [0.717, 1.165) is 12.1 Å². The molecular formula is C27H21ClF4N4O3. The highest BCUT2D eigenvalue weighted by Crippen LogP contribution is 2.40. The van der Waals surface area contributed by atoms with E-state index < -0.39 is 48.2 Å². The van der Waals surface area contributed by atoms with E-state index in [4.69, 9.17) is 22.1 Å². The van der Waals surface area contributed by atoms with Crippen molar-refractivity contribution in [1.82, 2.24) is 15.2 Å². The summed E-state index contributed by atoms with van der Waals surface area (Å²) >= 11 is 6.38. The maximum atomic E-state index is 14.8. The third kappa shape index (κ3) is 5.68. The molecule has 0 radical (unpaired) electrons. The number of anilines is 1. The first-order valence-electron chi connectivity index (χ1n) is 11.8. The quantitative estimate of drug-likeness (QED) is 0.342. The van der Waals surface area contributed by atoms with E-state index in [-0.39, 0.29) is 23.0 Å². The topological polar surface area (TPSA) is 97.5 Å². The molecule has 0 bridgehead atoms. The van der Waals surface area contributed by atoms with E-state index in [1.807, 2.05) is 0 Å². The molecule has 202 valence electrons. The number of carbonyl (C=O) groups excluding carboxylic acids is 2. The normalized spacial score (nSPS) is 17.5. The highest BCUT2D eigenvalue weighted by Gasteiger charge is 2.47. The molecular weight excluding hydrogens is 540 g/mol. The fraction of sp³-hybridized carbons (Fsp3) is 0.222. The zero-order valence-corrected chi connectivity index (χ0v) is 20.9. The van der Waals surface area contributed by atoms with Crippen molar-refractivity contribution in [2.45, 2.75) is 18.4 Å². The summed E-state index contributed by atoms with van der Waals surface area (Å²) in [6.45, 7) is -1.59. The average Bonchev–Trinajstić information content (AvgIpc) is 3.29. The van der Waals surface area contributed by atoms with Crippen LogP contribution in [0, 0.1) is 11.6 Å². The number of fused-ring (bicyclic) bond motifs is 1. The summed E-state index contributed by atoms with van der Waals surface area (Å²) in [6, 6.07) is 8.39. The molecule has 0 spiro atoms. The number of nitrogens with two attached hydrogens (primary N) is 1. The van der Waals surface area contributed by atoms with E-state index >= 15 is 0 Å². The zero-order valence-electron chi connectivity index (χ0n) is 20.2. The van der Waals surface area contributed by atoms with Gasteiger partial charge in [0, 0.05) is 24.3 Å². The second-order valence-electron chi connectivity index (χ2n) is 9.32. The lowest BCUT2D eigenvalue weighted by atomic mass is 9.98. The number of amides is 2. The fourth-order valence-corrected chi connectivity index (χ4v) is 4.67.